The summed E-state index contributed by atoms with van der Waals surface area (Å²) in [5, 5.41) is 0. The topological polar surface area (TPSA) is 64.2 Å². The third kappa shape index (κ3) is 5.65. The summed E-state index contributed by atoms with van der Waals surface area (Å²) in [6, 6.07) is 24.2. The van der Waals surface area contributed by atoms with Crippen LogP contribution in [-0.2, 0) is 6.54 Å². The smallest absolute Gasteiger partial charge is 0.254 e. The van der Waals surface area contributed by atoms with Crippen molar-refractivity contribution in [2.75, 3.05) is 13.1 Å². The zero-order valence-electron chi connectivity index (χ0n) is 20.6. The minimum absolute atomic E-state index is 0.0108. The number of nitrogens with zero attached hydrogens (tertiary/aromatic N) is 3. The van der Waals surface area contributed by atoms with E-state index in [1.165, 1.54) is 5.56 Å². The van der Waals surface area contributed by atoms with E-state index in [9.17, 15) is 4.79 Å². The number of imidazole rings is 1. The van der Waals surface area contributed by atoms with Gasteiger partial charge in [-0.1, -0.05) is 77.8 Å². The average Bonchev–Trinajstić information content (AvgIpc) is 3.18. The molecule has 1 atom stereocenters. The first-order valence-corrected chi connectivity index (χ1v) is 13.0. The summed E-state index contributed by atoms with van der Waals surface area (Å²) in [5.74, 6) is 1.06. The molecule has 0 aliphatic heterocycles. The van der Waals surface area contributed by atoms with Gasteiger partial charge in [-0.2, -0.15) is 0 Å². The molecule has 3 aromatic carbocycles. The summed E-state index contributed by atoms with van der Waals surface area (Å²) in [7, 11) is 0. The maximum atomic E-state index is 13.9. The van der Waals surface area contributed by atoms with Crippen LogP contribution < -0.4 is 5.73 Å². The number of aryl methyl sites for hydroxylation is 1. The number of hydrogen-bond donors (Lipinski definition) is 1. The first kappa shape index (κ1) is 25.1. The normalized spacial score (nSPS) is 12.3. The van der Waals surface area contributed by atoms with E-state index in [-0.39, 0.29) is 17.9 Å². The third-order valence-electron chi connectivity index (χ3n) is 6.32. The SMILES string of the molecule is Cc1ccc(C(=O)N(CCCN)C(c2nc3cc(Br)ccc3n2Cc2ccccc2)C(C)C)cc1. The van der Waals surface area contributed by atoms with Gasteiger partial charge < -0.3 is 15.2 Å². The number of amides is 1. The predicted octanol–water partition coefficient (Wildman–Crippen LogP) is 6.34. The molecular weight excluding hydrogens is 500 g/mol. The van der Waals surface area contributed by atoms with E-state index < -0.39 is 0 Å². The Morgan fingerprint density at radius 1 is 1.06 bits per heavy atom. The van der Waals surface area contributed by atoms with Crippen LogP contribution in [0.15, 0.2) is 77.3 Å². The molecule has 6 heteroatoms. The molecule has 1 aromatic heterocycles. The lowest BCUT2D eigenvalue weighted by Crippen LogP contribution is -2.40. The van der Waals surface area contributed by atoms with Crippen molar-refractivity contribution in [2.45, 2.75) is 39.8 Å². The molecule has 1 unspecified atom stereocenters. The second-order valence-electron chi connectivity index (χ2n) is 9.37. The predicted molar refractivity (Wildman–Crippen MR) is 146 cm³/mol. The second kappa shape index (κ2) is 11.2. The van der Waals surface area contributed by atoms with Crippen LogP contribution in [0.2, 0.25) is 0 Å². The molecule has 0 aliphatic rings. The average molecular weight is 534 g/mol. The second-order valence-corrected chi connectivity index (χ2v) is 10.3. The molecule has 4 aromatic rings. The van der Waals surface area contributed by atoms with Crippen molar-refractivity contribution in [3.05, 3.63) is 99.8 Å². The number of aromatic nitrogens is 2. The quantitative estimate of drug-likeness (QED) is 0.273. The molecule has 0 saturated carbocycles. The minimum atomic E-state index is -0.203. The molecular formula is C29H33BrN4O. The van der Waals surface area contributed by atoms with Crippen LogP contribution in [0.3, 0.4) is 0 Å². The van der Waals surface area contributed by atoms with Gasteiger partial charge in [-0.25, -0.2) is 4.98 Å². The Labute approximate surface area is 216 Å². The monoisotopic (exact) mass is 532 g/mol. The van der Waals surface area contributed by atoms with Crippen LogP contribution in [0.1, 0.15) is 53.6 Å². The zero-order valence-corrected chi connectivity index (χ0v) is 22.2. The van der Waals surface area contributed by atoms with Gasteiger partial charge in [-0.05, 0) is 61.7 Å². The van der Waals surface area contributed by atoms with Gasteiger partial charge in [-0.3, -0.25) is 4.79 Å². The van der Waals surface area contributed by atoms with Crippen LogP contribution in [-0.4, -0.2) is 33.4 Å². The fourth-order valence-electron chi connectivity index (χ4n) is 4.57. The Kier molecular flexibility index (Phi) is 8.04. The number of carbonyl (C=O) groups excluding carboxylic acids is 1. The van der Waals surface area contributed by atoms with Crippen LogP contribution in [0.5, 0.6) is 0 Å². The highest BCUT2D eigenvalue weighted by Gasteiger charge is 2.32. The van der Waals surface area contributed by atoms with E-state index in [0.717, 1.165) is 33.3 Å². The number of carbonyl (C=O) groups is 1. The Bertz CT molecular complexity index is 1280. The number of rotatable bonds is 9. The summed E-state index contributed by atoms with van der Waals surface area (Å²) < 4.78 is 3.25. The van der Waals surface area contributed by atoms with E-state index in [1.54, 1.807) is 0 Å². The molecule has 2 N–H and O–H groups in total. The fraction of sp³-hybridized carbons (Fsp3) is 0.310. The lowest BCUT2D eigenvalue weighted by molar-refractivity contribution is 0.0605. The van der Waals surface area contributed by atoms with Gasteiger partial charge in [-0.15, -0.1) is 0 Å². The Balaban J connectivity index is 1.85. The van der Waals surface area contributed by atoms with Crippen molar-refractivity contribution in [3.63, 3.8) is 0 Å². The van der Waals surface area contributed by atoms with Crippen molar-refractivity contribution in [1.29, 1.82) is 0 Å². The van der Waals surface area contributed by atoms with Crippen molar-refractivity contribution in [3.8, 4) is 0 Å². The van der Waals surface area contributed by atoms with Gasteiger partial charge in [0, 0.05) is 23.1 Å². The molecule has 0 aliphatic carbocycles. The standard InChI is InChI=1S/C29H33BrN4O/c1-20(2)27(33(17-7-16-31)29(35)23-12-10-21(3)11-13-23)28-32-25-18-24(30)14-15-26(25)34(28)19-22-8-5-4-6-9-22/h4-6,8-15,18,20,27H,7,16-17,19,31H2,1-3H3. The molecule has 0 radical (unpaired) electrons. The van der Waals surface area contributed by atoms with Crippen LogP contribution >= 0.6 is 15.9 Å². The summed E-state index contributed by atoms with van der Waals surface area (Å²) in [6.45, 7) is 8.12. The maximum Gasteiger partial charge on any atom is 0.254 e. The van der Waals surface area contributed by atoms with Gasteiger partial charge in [0.05, 0.1) is 17.1 Å². The van der Waals surface area contributed by atoms with Gasteiger partial charge in [0.15, 0.2) is 0 Å². The number of halogens is 1. The van der Waals surface area contributed by atoms with E-state index in [2.05, 4.69) is 64.7 Å². The molecule has 0 fully saturated rings. The van der Waals surface area contributed by atoms with Crippen LogP contribution in [0.25, 0.3) is 11.0 Å². The Morgan fingerprint density at radius 3 is 2.43 bits per heavy atom. The largest absolute Gasteiger partial charge is 0.330 e. The lowest BCUT2D eigenvalue weighted by atomic mass is 9.99. The highest BCUT2D eigenvalue weighted by atomic mass is 79.9. The zero-order chi connectivity index (χ0) is 24.9. The maximum absolute atomic E-state index is 13.9. The molecule has 0 saturated heterocycles. The van der Waals surface area contributed by atoms with Crippen LogP contribution in [0.4, 0.5) is 0 Å². The van der Waals surface area contributed by atoms with Crippen molar-refractivity contribution in [2.24, 2.45) is 11.7 Å². The first-order chi connectivity index (χ1) is 16.9. The van der Waals surface area contributed by atoms with Crippen molar-refractivity contribution in [1.82, 2.24) is 14.5 Å². The van der Waals surface area contributed by atoms with E-state index >= 15 is 0 Å². The van der Waals surface area contributed by atoms with E-state index in [1.807, 2.05) is 54.3 Å². The van der Waals surface area contributed by atoms with Gasteiger partial charge in [0.2, 0.25) is 0 Å². The number of nitrogens with two attached hydrogens (primary N) is 1. The summed E-state index contributed by atoms with van der Waals surface area (Å²) >= 11 is 3.59. The Morgan fingerprint density at radius 2 is 1.77 bits per heavy atom. The summed E-state index contributed by atoms with van der Waals surface area (Å²) in [4.78, 5) is 21.0. The molecule has 5 nitrogen and oxygen atoms in total. The highest BCUT2D eigenvalue weighted by molar-refractivity contribution is 9.10. The van der Waals surface area contributed by atoms with E-state index in [0.29, 0.717) is 25.2 Å². The van der Waals surface area contributed by atoms with Gasteiger partial charge in [0.1, 0.15) is 5.82 Å². The van der Waals surface area contributed by atoms with Gasteiger partial charge in [0.25, 0.3) is 5.91 Å². The molecule has 1 amide bonds. The number of fused-ring (bicyclic) bond motifs is 1. The summed E-state index contributed by atoms with van der Waals surface area (Å²) in [6.07, 6.45) is 0.727. The number of benzene rings is 3. The molecule has 1 heterocycles. The summed E-state index contributed by atoms with van der Waals surface area (Å²) in [5.41, 5.74) is 10.9. The molecule has 0 bridgehead atoms. The number of hydrogen-bond acceptors (Lipinski definition) is 3. The van der Waals surface area contributed by atoms with E-state index in [4.69, 9.17) is 10.7 Å². The fourth-order valence-corrected chi connectivity index (χ4v) is 4.92. The third-order valence-corrected chi connectivity index (χ3v) is 6.81. The molecule has 4 rings (SSSR count). The molecule has 35 heavy (non-hydrogen) atoms. The Hall–Kier alpha value is -2.96. The minimum Gasteiger partial charge on any atom is -0.330 e. The lowest BCUT2D eigenvalue weighted by Gasteiger charge is -2.34. The van der Waals surface area contributed by atoms with Gasteiger partial charge >= 0.3 is 0 Å². The highest BCUT2D eigenvalue weighted by Crippen LogP contribution is 2.33. The van der Waals surface area contributed by atoms with Crippen LogP contribution in [0, 0.1) is 12.8 Å². The molecule has 182 valence electrons. The first-order valence-electron chi connectivity index (χ1n) is 12.2. The van der Waals surface area contributed by atoms with Crippen molar-refractivity contribution < 1.29 is 4.79 Å². The van der Waals surface area contributed by atoms with Crippen molar-refractivity contribution >= 4 is 32.9 Å². The molecule has 0 spiro atoms.